The first-order valence-electron chi connectivity index (χ1n) is 7.05. The van der Waals surface area contributed by atoms with Gasteiger partial charge in [-0.25, -0.2) is 9.18 Å². The number of hydrogen-bond acceptors (Lipinski definition) is 3. The van der Waals surface area contributed by atoms with Gasteiger partial charge in [-0.1, -0.05) is 6.07 Å². The Hall–Kier alpha value is -2.59. The molecule has 0 spiro atoms. The monoisotopic (exact) mass is 391 g/mol. The first kappa shape index (κ1) is 17.8. The van der Waals surface area contributed by atoms with Gasteiger partial charge in [-0.2, -0.15) is 5.26 Å². The van der Waals surface area contributed by atoms with Crippen LogP contribution in [0.4, 0.5) is 14.9 Å². The van der Waals surface area contributed by atoms with Crippen molar-refractivity contribution in [3.8, 4) is 11.8 Å². The highest BCUT2D eigenvalue weighted by atomic mass is 79.9. The van der Waals surface area contributed by atoms with Gasteiger partial charge in [0.2, 0.25) is 0 Å². The van der Waals surface area contributed by atoms with Crippen molar-refractivity contribution in [2.45, 2.75) is 13.0 Å². The number of urea groups is 1. The van der Waals surface area contributed by atoms with Gasteiger partial charge in [0.25, 0.3) is 0 Å². The Bertz CT molecular complexity index is 805. The van der Waals surface area contributed by atoms with Crippen LogP contribution < -0.4 is 15.4 Å². The largest absolute Gasteiger partial charge is 0.496 e. The summed E-state index contributed by atoms with van der Waals surface area (Å²) in [6.45, 7) is 1.82. The lowest BCUT2D eigenvalue weighted by molar-refractivity contribution is 0.249. The highest BCUT2D eigenvalue weighted by molar-refractivity contribution is 9.10. The Kier molecular flexibility index (Phi) is 5.77. The number of benzene rings is 2. The lowest BCUT2D eigenvalue weighted by Crippen LogP contribution is -2.31. The molecule has 1 unspecified atom stereocenters. The van der Waals surface area contributed by atoms with E-state index in [0.29, 0.717) is 5.75 Å². The molecule has 124 valence electrons. The molecule has 0 saturated carbocycles. The maximum absolute atomic E-state index is 13.1. The Balaban J connectivity index is 2.07. The summed E-state index contributed by atoms with van der Waals surface area (Å²) in [6, 6.07) is 10.2. The number of ether oxygens (including phenoxy) is 1. The van der Waals surface area contributed by atoms with E-state index < -0.39 is 11.8 Å². The topological polar surface area (TPSA) is 74.2 Å². The number of amides is 2. The summed E-state index contributed by atoms with van der Waals surface area (Å²) in [5.74, 6) is 0.161. The van der Waals surface area contributed by atoms with E-state index in [1.807, 2.05) is 25.1 Å². The molecule has 0 saturated heterocycles. The van der Waals surface area contributed by atoms with Crippen molar-refractivity contribution in [2.75, 3.05) is 12.4 Å². The van der Waals surface area contributed by atoms with Gasteiger partial charge in [0.1, 0.15) is 17.6 Å². The third-order valence-corrected chi connectivity index (χ3v) is 3.99. The molecule has 0 bridgehead atoms. The Labute approximate surface area is 147 Å². The third kappa shape index (κ3) is 4.24. The fourth-order valence-electron chi connectivity index (χ4n) is 2.11. The summed E-state index contributed by atoms with van der Waals surface area (Å²) in [4.78, 5) is 12.1. The summed E-state index contributed by atoms with van der Waals surface area (Å²) in [6.07, 6.45) is 0. The number of carbonyl (C=O) groups excluding carboxylic acids is 1. The highest BCUT2D eigenvalue weighted by Crippen LogP contribution is 2.28. The molecular weight excluding hydrogens is 377 g/mol. The Morgan fingerprint density at radius 1 is 1.33 bits per heavy atom. The van der Waals surface area contributed by atoms with Crippen LogP contribution in [0.3, 0.4) is 0 Å². The number of carbonyl (C=O) groups is 1. The number of halogens is 2. The lowest BCUT2D eigenvalue weighted by Gasteiger charge is -2.16. The Morgan fingerprint density at radius 3 is 2.71 bits per heavy atom. The SMILES string of the molecule is COc1ccc(C(C)NC(=O)Nc2ccc(F)cc2C#N)cc1Br. The summed E-state index contributed by atoms with van der Waals surface area (Å²) in [7, 11) is 1.57. The van der Waals surface area contributed by atoms with E-state index in [2.05, 4.69) is 26.6 Å². The van der Waals surface area contributed by atoms with Gasteiger partial charge in [0, 0.05) is 0 Å². The van der Waals surface area contributed by atoms with Crippen molar-refractivity contribution >= 4 is 27.6 Å². The molecule has 5 nitrogen and oxygen atoms in total. The number of anilines is 1. The van der Waals surface area contributed by atoms with Crippen molar-refractivity contribution in [3.05, 3.63) is 57.8 Å². The molecule has 0 radical (unpaired) electrons. The molecule has 0 aliphatic carbocycles. The molecule has 7 heteroatoms. The molecule has 0 aliphatic heterocycles. The Morgan fingerprint density at radius 2 is 2.08 bits per heavy atom. The van der Waals surface area contributed by atoms with E-state index in [1.54, 1.807) is 13.2 Å². The molecule has 0 aliphatic rings. The smallest absolute Gasteiger partial charge is 0.319 e. The maximum atomic E-state index is 13.1. The second-order valence-corrected chi connectivity index (χ2v) is 5.87. The standard InChI is InChI=1S/C17H15BrFN3O2/c1-10(11-3-6-16(24-2)14(18)8-11)21-17(23)22-15-5-4-13(19)7-12(15)9-20/h3-8,10H,1-2H3,(H2,21,22,23). The zero-order valence-corrected chi connectivity index (χ0v) is 14.6. The fraction of sp³-hybridized carbons (Fsp3) is 0.176. The van der Waals surface area contributed by atoms with Gasteiger partial charge in [0.15, 0.2) is 0 Å². The second kappa shape index (κ2) is 7.79. The molecule has 0 heterocycles. The molecule has 2 rings (SSSR count). The summed E-state index contributed by atoms with van der Waals surface area (Å²) in [5, 5.41) is 14.3. The molecular formula is C17H15BrFN3O2. The number of rotatable bonds is 4. The van der Waals surface area contributed by atoms with Crippen LogP contribution in [0.15, 0.2) is 40.9 Å². The van der Waals surface area contributed by atoms with E-state index >= 15 is 0 Å². The van der Waals surface area contributed by atoms with Gasteiger partial charge in [-0.15, -0.1) is 0 Å². The molecule has 2 aromatic rings. The van der Waals surface area contributed by atoms with Crippen LogP contribution in [0, 0.1) is 17.1 Å². The molecule has 0 fully saturated rings. The van der Waals surface area contributed by atoms with Crippen LogP contribution in [0.5, 0.6) is 5.75 Å². The van der Waals surface area contributed by atoms with Crippen molar-refractivity contribution in [1.82, 2.24) is 5.32 Å². The number of nitrogens with zero attached hydrogens (tertiary/aromatic N) is 1. The number of methoxy groups -OCH3 is 1. The quantitative estimate of drug-likeness (QED) is 0.813. The number of hydrogen-bond donors (Lipinski definition) is 2. The van der Waals surface area contributed by atoms with Crippen LogP contribution in [0.2, 0.25) is 0 Å². The lowest BCUT2D eigenvalue weighted by atomic mass is 10.1. The van der Waals surface area contributed by atoms with E-state index in [4.69, 9.17) is 10.00 Å². The van der Waals surface area contributed by atoms with Gasteiger partial charge < -0.3 is 15.4 Å². The van der Waals surface area contributed by atoms with Crippen molar-refractivity contribution in [3.63, 3.8) is 0 Å². The summed E-state index contributed by atoms with van der Waals surface area (Å²) < 4.78 is 19.1. The van der Waals surface area contributed by atoms with Crippen LogP contribution >= 0.6 is 15.9 Å². The van der Waals surface area contributed by atoms with Crippen molar-refractivity contribution < 1.29 is 13.9 Å². The number of nitrogens with one attached hydrogen (secondary N) is 2. The minimum Gasteiger partial charge on any atom is -0.496 e. The van der Waals surface area contributed by atoms with Gasteiger partial charge in [-0.05, 0) is 58.7 Å². The molecule has 0 aromatic heterocycles. The van der Waals surface area contributed by atoms with Gasteiger partial charge in [-0.3, -0.25) is 0 Å². The van der Waals surface area contributed by atoms with Gasteiger partial charge in [0.05, 0.1) is 28.9 Å². The zero-order valence-electron chi connectivity index (χ0n) is 13.1. The molecule has 1 atom stereocenters. The maximum Gasteiger partial charge on any atom is 0.319 e. The third-order valence-electron chi connectivity index (χ3n) is 3.37. The molecule has 2 N–H and O–H groups in total. The summed E-state index contributed by atoms with van der Waals surface area (Å²) in [5.41, 5.74) is 1.18. The van der Waals surface area contributed by atoms with Crippen LogP contribution in [-0.2, 0) is 0 Å². The molecule has 24 heavy (non-hydrogen) atoms. The first-order chi connectivity index (χ1) is 11.4. The zero-order chi connectivity index (χ0) is 17.7. The van der Waals surface area contributed by atoms with Crippen LogP contribution in [0.25, 0.3) is 0 Å². The van der Waals surface area contributed by atoms with E-state index in [0.717, 1.165) is 16.1 Å². The van der Waals surface area contributed by atoms with E-state index in [9.17, 15) is 9.18 Å². The normalized spacial score (nSPS) is 11.3. The van der Waals surface area contributed by atoms with Crippen LogP contribution in [0.1, 0.15) is 24.1 Å². The first-order valence-corrected chi connectivity index (χ1v) is 7.84. The average molecular weight is 392 g/mol. The van der Waals surface area contributed by atoms with E-state index in [-0.39, 0.29) is 17.3 Å². The number of nitriles is 1. The fourth-order valence-corrected chi connectivity index (χ4v) is 2.67. The highest BCUT2D eigenvalue weighted by Gasteiger charge is 2.13. The minimum absolute atomic E-state index is 0.0602. The summed E-state index contributed by atoms with van der Waals surface area (Å²) >= 11 is 3.40. The predicted molar refractivity (Wildman–Crippen MR) is 92.4 cm³/mol. The molecule has 2 aromatic carbocycles. The van der Waals surface area contributed by atoms with Crippen molar-refractivity contribution in [2.24, 2.45) is 0 Å². The average Bonchev–Trinajstić information content (AvgIpc) is 2.56. The van der Waals surface area contributed by atoms with Crippen molar-refractivity contribution in [1.29, 1.82) is 5.26 Å². The van der Waals surface area contributed by atoms with Crippen LogP contribution in [-0.4, -0.2) is 13.1 Å². The minimum atomic E-state index is -0.533. The van der Waals surface area contributed by atoms with E-state index in [1.165, 1.54) is 12.1 Å². The van der Waals surface area contributed by atoms with Gasteiger partial charge >= 0.3 is 6.03 Å². The second-order valence-electron chi connectivity index (χ2n) is 5.02. The predicted octanol–water partition coefficient (Wildman–Crippen LogP) is 4.35. The molecule has 2 amide bonds.